The van der Waals surface area contributed by atoms with Crippen LogP contribution in [0.2, 0.25) is 0 Å². The van der Waals surface area contributed by atoms with Gasteiger partial charge in [-0.1, -0.05) is 48.5 Å². The zero-order valence-electron chi connectivity index (χ0n) is 19.0. The summed E-state index contributed by atoms with van der Waals surface area (Å²) in [6, 6.07) is 21.9. The summed E-state index contributed by atoms with van der Waals surface area (Å²) in [4.78, 5) is 22.9. The number of hydrogen-bond donors (Lipinski definition) is 3. The van der Waals surface area contributed by atoms with Crippen LogP contribution in [0.25, 0.3) is 11.3 Å². The van der Waals surface area contributed by atoms with Crippen LogP contribution < -0.4 is 10.5 Å². The van der Waals surface area contributed by atoms with E-state index in [0.29, 0.717) is 25.3 Å². The van der Waals surface area contributed by atoms with Gasteiger partial charge in [0.15, 0.2) is 0 Å². The number of nitrogens with zero attached hydrogens (tertiary/aromatic N) is 2. The van der Waals surface area contributed by atoms with Crippen molar-refractivity contribution in [3.63, 3.8) is 0 Å². The van der Waals surface area contributed by atoms with Gasteiger partial charge in [-0.05, 0) is 49.1 Å². The van der Waals surface area contributed by atoms with Crippen LogP contribution in [0.5, 0.6) is 5.75 Å². The highest BCUT2D eigenvalue weighted by Crippen LogP contribution is 2.27. The first-order valence-electron chi connectivity index (χ1n) is 11.2. The van der Waals surface area contributed by atoms with Crippen molar-refractivity contribution in [3.05, 3.63) is 102 Å². The van der Waals surface area contributed by atoms with Crippen molar-refractivity contribution in [2.24, 2.45) is 5.73 Å². The standard InChI is InChI=1S/C27H28N4O3/c1-18(32)22(27-30-16-24(31-27)26(28)33)14-13-21-6-2-3-8-25(21)34-17-19-9-11-20(12-10-19)23-7-4-5-15-29-23/h2-12,15-16,18,22,32H,13-14,17H2,1H3,(H2,28,33)(H,30,31)/t18-,22-/m0/s1. The number of ether oxygens (including phenoxy) is 1. The largest absolute Gasteiger partial charge is 0.489 e. The monoisotopic (exact) mass is 456 g/mol. The molecule has 2 aromatic heterocycles. The van der Waals surface area contributed by atoms with Crippen LogP contribution in [0.4, 0.5) is 0 Å². The molecule has 4 rings (SSSR count). The Balaban J connectivity index is 1.40. The third kappa shape index (κ3) is 5.68. The van der Waals surface area contributed by atoms with Gasteiger partial charge >= 0.3 is 0 Å². The highest BCUT2D eigenvalue weighted by molar-refractivity contribution is 5.90. The molecule has 4 N–H and O–H groups in total. The van der Waals surface area contributed by atoms with Crippen LogP contribution >= 0.6 is 0 Å². The number of nitrogens with two attached hydrogens (primary N) is 1. The SMILES string of the molecule is C[C@H](O)[C@H](CCc1ccccc1OCc1ccc(-c2ccccn2)cc1)c1ncc(C(N)=O)[nH]1. The first kappa shape index (κ1) is 23.2. The van der Waals surface area contributed by atoms with Crippen molar-refractivity contribution >= 4 is 5.91 Å². The number of carbonyl (C=O) groups is 1. The summed E-state index contributed by atoms with van der Waals surface area (Å²) in [6.45, 7) is 2.16. The first-order valence-corrected chi connectivity index (χ1v) is 11.2. The number of aromatic amines is 1. The number of rotatable bonds is 10. The molecule has 0 saturated heterocycles. The minimum absolute atomic E-state index is 0.235. The lowest BCUT2D eigenvalue weighted by Gasteiger charge is -2.19. The normalized spacial score (nSPS) is 12.8. The molecule has 174 valence electrons. The highest BCUT2D eigenvalue weighted by Gasteiger charge is 2.22. The van der Waals surface area contributed by atoms with Crippen LogP contribution in [-0.2, 0) is 13.0 Å². The summed E-state index contributed by atoms with van der Waals surface area (Å²) in [5.74, 6) is 0.517. The van der Waals surface area contributed by atoms with E-state index in [1.54, 1.807) is 13.1 Å². The molecule has 0 radical (unpaired) electrons. The van der Waals surface area contributed by atoms with E-state index in [1.807, 2.05) is 66.7 Å². The molecule has 2 aromatic carbocycles. The van der Waals surface area contributed by atoms with Gasteiger partial charge in [-0.2, -0.15) is 0 Å². The number of para-hydroxylation sites is 1. The molecule has 0 aliphatic heterocycles. The summed E-state index contributed by atoms with van der Waals surface area (Å²) in [5, 5.41) is 10.3. The van der Waals surface area contributed by atoms with Crippen molar-refractivity contribution < 1.29 is 14.6 Å². The van der Waals surface area contributed by atoms with Gasteiger partial charge in [-0.25, -0.2) is 4.98 Å². The topological polar surface area (TPSA) is 114 Å². The minimum Gasteiger partial charge on any atom is -0.489 e. The quantitative estimate of drug-likeness (QED) is 0.330. The van der Waals surface area contributed by atoms with E-state index in [0.717, 1.165) is 28.1 Å². The molecule has 2 atom stereocenters. The molecule has 34 heavy (non-hydrogen) atoms. The Kier molecular flexibility index (Phi) is 7.34. The minimum atomic E-state index is -0.641. The van der Waals surface area contributed by atoms with Gasteiger partial charge in [-0.3, -0.25) is 9.78 Å². The Morgan fingerprint density at radius 3 is 2.50 bits per heavy atom. The molecule has 7 heteroatoms. The Morgan fingerprint density at radius 2 is 1.82 bits per heavy atom. The second-order valence-electron chi connectivity index (χ2n) is 8.24. The Hall–Kier alpha value is -3.97. The van der Waals surface area contributed by atoms with Crippen LogP contribution in [0, 0.1) is 0 Å². The zero-order chi connectivity index (χ0) is 23.9. The zero-order valence-corrected chi connectivity index (χ0v) is 19.0. The van der Waals surface area contributed by atoms with E-state index in [2.05, 4.69) is 15.0 Å². The Morgan fingerprint density at radius 1 is 1.06 bits per heavy atom. The van der Waals surface area contributed by atoms with Crippen LogP contribution in [0.3, 0.4) is 0 Å². The summed E-state index contributed by atoms with van der Waals surface area (Å²) < 4.78 is 6.14. The number of hydrogen-bond acceptors (Lipinski definition) is 5. The maximum atomic E-state index is 11.4. The van der Waals surface area contributed by atoms with E-state index < -0.39 is 12.0 Å². The molecule has 1 amide bonds. The van der Waals surface area contributed by atoms with Gasteiger partial charge in [0.1, 0.15) is 23.9 Å². The number of carbonyl (C=O) groups excluding carboxylic acids is 1. The maximum absolute atomic E-state index is 11.4. The predicted molar refractivity (Wildman–Crippen MR) is 130 cm³/mol. The van der Waals surface area contributed by atoms with E-state index in [4.69, 9.17) is 10.5 Å². The van der Waals surface area contributed by atoms with E-state index in [1.165, 1.54) is 6.20 Å². The molecule has 0 spiro atoms. The second kappa shape index (κ2) is 10.8. The smallest absolute Gasteiger partial charge is 0.266 e. The Bertz CT molecular complexity index is 1220. The summed E-state index contributed by atoms with van der Waals surface area (Å²) >= 11 is 0. The van der Waals surface area contributed by atoms with E-state index in [-0.39, 0.29) is 11.6 Å². The van der Waals surface area contributed by atoms with Gasteiger partial charge in [0.2, 0.25) is 0 Å². The van der Waals surface area contributed by atoms with Crippen molar-refractivity contribution in [1.82, 2.24) is 15.0 Å². The molecule has 0 unspecified atom stereocenters. The predicted octanol–water partition coefficient (Wildman–Crippen LogP) is 4.25. The van der Waals surface area contributed by atoms with Crippen molar-refractivity contribution in [2.75, 3.05) is 0 Å². The molecule has 0 bridgehead atoms. The number of aliphatic hydroxyl groups excluding tert-OH is 1. The number of amides is 1. The molecular weight excluding hydrogens is 428 g/mol. The fourth-order valence-electron chi connectivity index (χ4n) is 3.89. The lowest BCUT2D eigenvalue weighted by molar-refractivity contribution is 0.0995. The van der Waals surface area contributed by atoms with Gasteiger partial charge in [-0.15, -0.1) is 0 Å². The lowest BCUT2D eigenvalue weighted by atomic mass is 9.94. The molecule has 4 aromatic rings. The highest BCUT2D eigenvalue weighted by atomic mass is 16.5. The average Bonchev–Trinajstić information content (AvgIpc) is 3.34. The number of nitrogens with one attached hydrogen (secondary N) is 1. The number of aromatic nitrogens is 3. The molecular formula is C27H28N4O3. The van der Waals surface area contributed by atoms with Crippen LogP contribution in [-0.4, -0.2) is 32.1 Å². The van der Waals surface area contributed by atoms with Crippen LogP contribution in [0.15, 0.2) is 79.1 Å². The summed E-state index contributed by atoms with van der Waals surface area (Å²) in [5.41, 5.74) is 9.65. The molecule has 0 aliphatic carbocycles. The number of H-pyrrole nitrogens is 1. The summed E-state index contributed by atoms with van der Waals surface area (Å²) in [6.07, 6.45) is 3.86. The number of aliphatic hydroxyl groups is 1. The third-order valence-electron chi connectivity index (χ3n) is 5.80. The molecule has 0 fully saturated rings. The second-order valence-corrected chi connectivity index (χ2v) is 8.24. The third-order valence-corrected chi connectivity index (χ3v) is 5.80. The average molecular weight is 457 g/mol. The van der Waals surface area contributed by atoms with Gasteiger partial charge in [0, 0.05) is 17.7 Å². The summed E-state index contributed by atoms with van der Waals surface area (Å²) in [7, 11) is 0. The van der Waals surface area contributed by atoms with Crippen molar-refractivity contribution in [1.29, 1.82) is 0 Å². The maximum Gasteiger partial charge on any atom is 0.266 e. The molecule has 0 aliphatic rings. The molecule has 0 saturated carbocycles. The van der Waals surface area contributed by atoms with Gasteiger partial charge in [0.25, 0.3) is 5.91 Å². The Labute approximate surface area is 198 Å². The van der Waals surface area contributed by atoms with Gasteiger partial charge < -0.3 is 20.6 Å². The number of aryl methyl sites for hydroxylation is 1. The lowest BCUT2D eigenvalue weighted by Crippen LogP contribution is -2.18. The molecule has 2 heterocycles. The fourth-order valence-corrected chi connectivity index (χ4v) is 3.89. The van der Waals surface area contributed by atoms with Crippen LogP contribution in [0.1, 0.15) is 46.7 Å². The number of benzene rings is 2. The van der Waals surface area contributed by atoms with Crippen molar-refractivity contribution in [2.45, 2.75) is 38.4 Å². The first-order chi connectivity index (χ1) is 16.5. The van der Waals surface area contributed by atoms with E-state index in [9.17, 15) is 9.90 Å². The number of imidazole rings is 1. The van der Waals surface area contributed by atoms with Gasteiger partial charge in [0.05, 0.1) is 18.0 Å². The van der Waals surface area contributed by atoms with Crippen molar-refractivity contribution in [3.8, 4) is 17.0 Å². The number of pyridine rings is 1. The fraction of sp³-hybridized carbons (Fsp3) is 0.222. The van der Waals surface area contributed by atoms with E-state index >= 15 is 0 Å². The molecule has 7 nitrogen and oxygen atoms in total. The number of primary amides is 1.